The fraction of sp³-hybridized carbons (Fsp3) is 0.0952. The molecule has 0 amide bonds. The number of nitrogens with zero attached hydrogens (tertiary/aromatic N) is 3. The molecule has 2 aromatic carbocycles. The van der Waals surface area contributed by atoms with Crippen LogP contribution in [0, 0.1) is 0 Å². The summed E-state index contributed by atoms with van der Waals surface area (Å²) < 4.78 is 3.35. The predicted octanol–water partition coefficient (Wildman–Crippen LogP) is 5.78. The molecule has 2 aromatic heterocycles. The smallest absolute Gasteiger partial charge is 0.291 e. The van der Waals surface area contributed by atoms with Crippen LogP contribution in [-0.2, 0) is 13.1 Å². The van der Waals surface area contributed by atoms with E-state index in [-0.39, 0.29) is 5.91 Å². The Morgan fingerprint density at radius 1 is 0.900 bits per heavy atom. The van der Waals surface area contributed by atoms with E-state index in [1.54, 1.807) is 6.07 Å². The van der Waals surface area contributed by atoms with Gasteiger partial charge in [0.15, 0.2) is 0 Å². The van der Waals surface area contributed by atoms with E-state index in [0.717, 1.165) is 20.1 Å². The molecule has 0 saturated carbocycles. The number of hydrogen-bond acceptors (Lipinski definition) is 6. The average molecular weight is 547 g/mol. The van der Waals surface area contributed by atoms with Crippen molar-refractivity contribution in [2.24, 2.45) is 0 Å². The Morgan fingerprint density at radius 3 is 2.07 bits per heavy atom. The first kappa shape index (κ1) is 20.8. The molecule has 30 heavy (non-hydrogen) atoms. The number of nitrogens with one attached hydrogen (secondary N) is 2. The molecule has 2 N–H and O–H groups in total. The van der Waals surface area contributed by atoms with Gasteiger partial charge < -0.3 is 10.6 Å². The first-order valence-corrected chi connectivity index (χ1v) is 11.6. The molecule has 152 valence electrons. The minimum atomic E-state index is -0.215. The Kier molecular flexibility index (Phi) is 6.61. The zero-order chi connectivity index (χ0) is 20.9. The van der Waals surface area contributed by atoms with Crippen LogP contribution < -0.4 is 10.6 Å². The Bertz CT molecular complexity index is 1130. The highest BCUT2D eigenvalue weighted by atomic mass is 79.9. The molecule has 0 unspecified atom stereocenters. The molecule has 0 bridgehead atoms. The summed E-state index contributed by atoms with van der Waals surface area (Å²) in [7, 11) is 0. The van der Waals surface area contributed by atoms with Crippen LogP contribution in [0.5, 0.6) is 0 Å². The van der Waals surface area contributed by atoms with Gasteiger partial charge in [-0.25, -0.2) is 0 Å². The maximum absolute atomic E-state index is 12.9. The zero-order valence-electron chi connectivity index (χ0n) is 15.7. The van der Waals surface area contributed by atoms with Crippen molar-refractivity contribution in [3.8, 4) is 0 Å². The lowest BCUT2D eigenvalue weighted by Gasteiger charge is -2.06. The molecule has 0 spiro atoms. The highest BCUT2D eigenvalue weighted by Gasteiger charge is 2.18. The summed E-state index contributed by atoms with van der Waals surface area (Å²) in [6, 6.07) is 19.6. The number of rotatable bonds is 7. The predicted molar refractivity (Wildman–Crippen MR) is 127 cm³/mol. The SMILES string of the molecule is O=C(c1cccs1)n1nc(NCc2ccc(Br)cc2)nc1NCc1ccc(Br)cc1. The number of benzene rings is 2. The topological polar surface area (TPSA) is 71.8 Å². The summed E-state index contributed by atoms with van der Waals surface area (Å²) in [6.45, 7) is 1.08. The van der Waals surface area contributed by atoms with Gasteiger partial charge in [-0.2, -0.15) is 9.67 Å². The Balaban J connectivity index is 1.53. The van der Waals surface area contributed by atoms with E-state index in [2.05, 4.69) is 52.6 Å². The number of halogens is 2. The number of aromatic nitrogens is 3. The van der Waals surface area contributed by atoms with Crippen molar-refractivity contribution in [1.82, 2.24) is 14.8 Å². The van der Waals surface area contributed by atoms with Gasteiger partial charge in [-0.05, 0) is 46.8 Å². The molecule has 0 saturated heterocycles. The molecule has 9 heteroatoms. The highest BCUT2D eigenvalue weighted by molar-refractivity contribution is 9.10. The van der Waals surface area contributed by atoms with Crippen molar-refractivity contribution in [3.05, 3.63) is 91.0 Å². The number of carbonyl (C=O) groups excluding carboxylic acids is 1. The summed E-state index contributed by atoms with van der Waals surface area (Å²) in [4.78, 5) is 18.0. The van der Waals surface area contributed by atoms with E-state index < -0.39 is 0 Å². The molecule has 0 radical (unpaired) electrons. The monoisotopic (exact) mass is 545 g/mol. The lowest BCUT2D eigenvalue weighted by atomic mass is 10.2. The van der Waals surface area contributed by atoms with Gasteiger partial charge in [0.05, 0.1) is 4.88 Å². The van der Waals surface area contributed by atoms with Crippen LogP contribution in [0.4, 0.5) is 11.9 Å². The van der Waals surface area contributed by atoms with Gasteiger partial charge in [0.25, 0.3) is 5.91 Å². The fourth-order valence-corrected chi connectivity index (χ4v) is 3.89. The first-order chi connectivity index (χ1) is 14.6. The van der Waals surface area contributed by atoms with Gasteiger partial charge in [0.2, 0.25) is 11.9 Å². The van der Waals surface area contributed by atoms with Gasteiger partial charge in [-0.15, -0.1) is 16.4 Å². The number of carbonyl (C=O) groups is 1. The van der Waals surface area contributed by atoms with Crippen LogP contribution in [0.15, 0.2) is 75.0 Å². The molecule has 0 aliphatic rings. The normalized spacial score (nSPS) is 10.7. The third kappa shape index (κ3) is 5.16. The molecule has 6 nitrogen and oxygen atoms in total. The Morgan fingerprint density at radius 2 is 1.50 bits per heavy atom. The van der Waals surface area contributed by atoms with Crippen LogP contribution in [0.25, 0.3) is 0 Å². The van der Waals surface area contributed by atoms with Gasteiger partial charge in [-0.3, -0.25) is 4.79 Å². The van der Waals surface area contributed by atoms with Crippen molar-refractivity contribution in [2.45, 2.75) is 13.1 Å². The minimum absolute atomic E-state index is 0.215. The molecular formula is C21H17Br2N5OS. The van der Waals surface area contributed by atoms with Crippen LogP contribution in [0.3, 0.4) is 0 Å². The van der Waals surface area contributed by atoms with E-state index in [4.69, 9.17) is 0 Å². The van der Waals surface area contributed by atoms with E-state index in [1.165, 1.54) is 16.0 Å². The third-order valence-electron chi connectivity index (χ3n) is 4.26. The van der Waals surface area contributed by atoms with Gasteiger partial charge in [0, 0.05) is 22.0 Å². The quantitative estimate of drug-likeness (QED) is 0.307. The summed E-state index contributed by atoms with van der Waals surface area (Å²) in [5, 5.41) is 12.7. The first-order valence-electron chi connectivity index (χ1n) is 9.10. The zero-order valence-corrected chi connectivity index (χ0v) is 19.7. The summed E-state index contributed by atoms with van der Waals surface area (Å²) in [5.41, 5.74) is 2.16. The number of hydrogen-bond donors (Lipinski definition) is 2. The van der Waals surface area contributed by atoms with Crippen LogP contribution in [0.2, 0.25) is 0 Å². The van der Waals surface area contributed by atoms with E-state index in [1.807, 2.05) is 60.0 Å². The van der Waals surface area contributed by atoms with Gasteiger partial charge in [-0.1, -0.05) is 62.2 Å². The maximum Gasteiger partial charge on any atom is 0.291 e. The summed E-state index contributed by atoms with van der Waals surface area (Å²) in [5.74, 6) is 0.572. The molecule has 0 atom stereocenters. The van der Waals surface area contributed by atoms with E-state index >= 15 is 0 Å². The van der Waals surface area contributed by atoms with Crippen molar-refractivity contribution in [2.75, 3.05) is 10.6 Å². The van der Waals surface area contributed by atoms with Gasteiger partial charge >= 0.3 is 0 Å². The van der Waals surface area contributed by atoms with E-state index in [9.17, 15) is 4.79 Å². The van der Waals surface area contributed by atoms with Crippen molar-refractivity contribution in [3.63, 3.8) is 0 Å². The number of anilines is 2. The molecule has 0 aliphatic heterocycles. The maximum atomic E-state index is 12.9. The minimum Gasteiger partial charge on any atom is -0.350 e. The lowest BCUT2D eigenvalue weighted by Crippen LogP contribution is -2.16. The second kappa shape index (κ2) is 9.55. The molecule has 2 heterocycles. The fourth-order valence-electron chi connectivity index (χ4n) is 2.71. The summed E-state index contributed by atoms with van der Waals surface area (Å²) in [6.07, 6.45) is 0. The molecule has 4 rings (SSSR count). The Labute approximate surface area is 194 Å². The standard InChI is InChI=1S/C21H17Br2N5OS/c22-16-7-3-14(4-8-16)12-24-20-26-21(25-13-15-5-9-17(23)10-6-15)28(27-20)19(29)18-2-1-11-30-18/h1-11H,12-13H2,(H2,24,25,26,27). The molecule has 0 aliphatic carbocycles. The average Bonchev–Trinajstić information content (AvgIpc) is 3.43. The summed E-state index contributed by atoms with van der Waals surface area (Å²) >= 11 is 8.25. The van der Waals surface area contributed by atoms with E-state index in [0.29, 0.717) is 29.9 Å². The second-order valence-corrected chi connectivity index (χ2v) is 9.19. The highest BCUT2D eigenvalue weighted by Crippen LogP contribution is 2.18. The third-order valence-corrected chi connectivity index (χ3v) is 6.17. The molecular weight excluding hydrogens is 530 g/mol. The number of thiophene rings is 1. The van der Waals surface area contributed by atoms with Crippen molar-refractivity contribution >= 4 is 61.0 Å². The van der Waals surface area contributed by atoms with Crippen LogP contribution in [-0.4, -0.2) is 20.7 Å². The Hall–Kier alpha value is -2.49. The van der Waals surface area contributed by atoms with Crippen LogP contribution in [0.1, 0.15) is 20.8 Å². The lowest BCUT2D eigenvalue weighted by molar-refractivity contribution is 0.0951. The molecule has 4 aromatic rings. The van der Waals surface area contributed by atoms with Crippen LogP contribution >= 0.6 is 43.2 Å². The second-order valence-electron chi connectivity index (χ2n) is 6.41. The molecule has 0 fully saturated rings. The largest absolute Gasteiger partial charge is 0.350 e. The van der Waals surface area contributed by atoms with Crippen molar-refractivity contribution < 1.29 is 4.79 Å². The van der Waals surface area contributed by atoms with Crippen molar-refractivity contribution in [1.29, 1.82) is 0 Å². The van der Waals surface area contributed by atoms with Gasteiger partial charge in [0.1, 0.15) is 0 Å².